The molecule has 1 aliphatic rings. The number of benzene rings is 1. The van der Waals surface area contributed by atoms with Crippen molar-refractivity contribution < 1.29 is 17.9 Å². The number of carbonyl (C=O) groups excluding carboxylic acids is 1. The SMILES string of the molecule is CNS(=O)(=O)Cc1ccc(CNC(=O)[C@@H]2CCCO2)cc1. The zero-order valence-corrected chi connectivity index (χ0v) is 12.8. The standard InChI is InChI=1S/C14H20N2O4S/c1-15-21(18,19)10-12-6-4-11(5-7-12)9-16-14(17)13-3-2-8-20-13/h4-7,13,15H,2-3,8-10H2,1H3,(H,16,17)/t13-/m0/s1. The van der Waals surface area contributed by atoms with E-state index in [-0.39, 0.29) is 17.8 Å². The topological polar surface area (TPSA) is 84.5 Å². The molecule has 7 heteroatoms. The summed E-state index contributed by atoms with van der Waals surface area (Å²) in [5, 5.41) is 2.83. The van der Waals surface area contributed by atoms with Gasteiger partial charge in [-0.25, -0.2) is 13.1 Å². The van der Waals surface area contributed by atoms with E-state index in [1.165, 1.54) is 7.05 Å². The zero-order valence-electron chi connectivity index (χ0n) is 12.0. The third kappa shape index (κ3) is 4.80. The number of ether oxygens (including phenoxy) is 1. The Morgan fingerprint density at radius 3 is 2.52 bits per heavy atom. The third-order valence-electron chi connectivity index (χ3n) is 3.38. The van der Waals surface area contributed by atoms with Gasteiger partial charge >= 0.3 is 0 Å². The minimum atomic E-state index is -3.26. The Bertz CT molecular complexity index is 577. The van der Waals surface area contributed by atoms with Crippen LogP contribution in [0.3, 0.4) is 0 Å². The molecule has 21 heavy (non-hydrogen) atoms. The predicted molar refractivity (Wildman–Crippen MR) is 78.9 cm³/mol. The number of carbonyl (C=O) groups is 1. The van der Waals surface area contributed by atoms with E-state index in [4.69, 9.17) is 4.74 Å². The van der Waals surface area contributed by atoms with Gasteiger partial charge < -0.3 is 10.1 Å². The summed E-state index contributed by atoms with van der Waals surface area (Å²) in [7, 11) is -1.87. The van der Waals surface area contributed by atoms with Crippen LogP contribution in [0.25, 0.3) is 0 Å². The highest BCUT2D eigenvalue weighted by Gasteiger charge is 2.22. The fourth-order valence-corrected chi connectivity index (χ4v) is 2.91. The van der Waals surface area contributed by atoms with Crippen LogP contribution in [-0.4, -0.2) is 34.1 Å². The molecule has 1 fully saturated rings. The molecule has 0 saturated carbocycles. The van der Waals surface area contributed by atoms with Gasteiger partial charge in [-0.05, 0) is 31.0 Å². The van der Waals surface area contributed by atoms with Gasteiger partial charge in [0.15, 0.2) is 0 Å². The minimum Gasteiger partial charge on any atom is -0.368 e. The van der Waals surface area contributed by atoms with Gasteiger partial charge in [0.25, 0.3) is 0 Å². The van der Waals surface area contributed by atoms with Crippen molar-refractivity contribution in [3.8, 4) is 0 Å². The van der Waals surface area contributed by atoms with Crippen molar-refractivity contribution in [1.29, 1.82) is 0 Å². The van der Waals surface area contributed by atoms with E-state index in [2.05, 4.69) is 10.0 Å². The molecule has 0 unspecified atom stereocenters. The van der Waals surface area contributed by atoms with Gasteiger partial charge in [-0.1, -0.05) is 24.3 Å². The van der Waals surface area contributed by atoms with Gasteiger partial charge in [0.1, 0.15) is 6.10 Å². The van der Waals surface area contributed by atoms with Gasteiger partial charge in [-0.15, -0.1) is 0 Å². The third-order valence-corrected chi connectivity index (χ3v) is 4.71. The average Bonchev–Trinajstić information content (AvgIpc) is 3.00. The molecule has 1 amide bonds. The molecule has 2 rings (SSSR count). The van der Waals surface area contributed by atoms with Gasteiger partial charge in [-0.3, -0.25) is 4.79 Å². The normalized spacial score (nSPS) is 18.6. The Kier molecular flexibility index (Phi) is 5.33. The number of sulfonamides is 1. The van der Waals surface area contributed by atoms with E-state index in [9.17, 15) is 13.2 Å². The lowest BCUT2D eigenvalue weighted by molar-refractivity contribution is -0.130. The molecule has 1 heterocycles. The summed E-state index contributed by atoms with van der Waals surface area (Å²) in [6, 6.07) is 7.14. The van der Waals surface area contributed by atoms with E-state index >= 15 is 0 Å². The molecule has 0 radical (unpaired) electrons. The molecule has 0 aromatic heterocycles. The second-order valence-electron chi connectivity index (χ2n) is 5.00. The molecular formula is C14H20N2O4S. The van der Waals surface area contributed by atoms with E-state index in [0.29, 0.717) is 18.7 Å². The summed E-state index contributed by atoms with van der Waals surface area (Å²) in [6.45, 7) is 1.06. The van der Waals surface area contributed by atoms with Gasteiger partial charge in [0, 0.05) is 13.2 Å². The highest BCUT2D eigenvalue weighted by atomic mass is 32.2. The number of hydrogen-bond acceptors (Lipinski definition) is 4. The summed E-state index contributed by atoms with van der Waals surface area (Å²) >= 11 is 0. The first-order chi connectivity index (χ1) is 10.00. The quantitative estimate of drug-likeness (QED) is 0.802. The van der Waals surface area contributed by atoms with Crippen LogP contribution in [0.15, 0.2) is 24.3 Å². The van der Waals surface area contributed by atoms with Gasteiger partial charge in [0.2, 0.25) is 15.9 Å². The maximum atomic E-state index is 11.8. The lowest BCUT2D eigenvalue weighted by atomic mass is 10.1. The first kappa shape index (κ1) is 15.9. The number of amides is 1. The largest absolute Gasteiger partial charge is 0.368 e. The molecule has 0 spiro atoms. The van der Waals surface area contributed by atoms with E-state index in [1.54, 1.807) is 12.1 Å². The molecular weight excluding hydrogens is 292 g/mol. The second kappa shape index (κ2) is 7.02. The Morgan fingerprint density at radius 1 is 1.29 bits per heavy atom. The van der Waals surface area contributed by atoms with Crippen LogP contribution in [-0.2, 0) is 31.9 Å². The van der Waals surface area contributed by atoms with Crippen molar-refractivity contribution >= 4 is 15.9 Å². The van der Waals surface area contributed by atoms with Gasteiger partial charge in [-0.2, -0.15) is 0 Å². The van der Waals surface area contributed by atoms with Crippen molar-refractivity contribution in [3.05, 3.63) is 35.4 Å². The monoisotopic (exact) mass is 312 g/mol. The summed E-state index contributed by atoms with van der Waals surface area (Å²) in [6.07, 6.45) is 1.37. The Labute approximate surface area is 124 Å². The smallest absolute Gasteiger partial charge is 0.249 e. The van der Waals surface area contributed by atoms with Gasteiger partial charge in [0.05, 0.1) is 5.75 Å². The number of nitrogens with one attached hydrogen (secondary N) is 2. The average molecular weight is 312 g/mol. The van der Waals surface area contributed by atoms with Crippen molar-refractivity contribution in [1.82, 2.24) is 10.0 Å². The molecule has 1 aromatic carbocycles. The molecule has 1 atom stereocenters. The molecule has 0 bridgehead atoms. The number of rotatable bonds is 6. The molecule has 1 aromatic rings. The summed E-state index contributed by atoms with van der Waals surface area (Å²) in [5.41, 5.74) is 1.63. The van der Waals surface area contributed by atoms with Crippen LogP contribution in [0.2, 0.25) is 0 Å². The summed E-state index contributed by atoms with van der Waals surface area (Å²) < 4.78 is 30.4. The highest BCUT2D eigenvalue weighted by molar-refractivity contribution is 7.88. The van der Waals surface area contributed by atoms with E-state index in [1.807, 2.05) is 12.1 Å². The van der Waals surface area contributed by atoms with Crippen LogP contribution in [0.4, 0.5) is 0 Å². The van der Waals surface area contributed by atoms with E-state index < -0.39 is 10.0 Å². The van der Waals surface area contributed by atoms with Crippen LogP contribution >= 0.6 is 0 Å². The Hall–Kier alpha value is -1.44. The molecule has 2 N–H and O–H groups in total. The maximum Gasteiger partial charge on any atom is 0.249 e. The summed E-state index contributed by atoms with van der Waals surface area (Å²) in [5.74, 6) is -0.138. The van der Waals surface area contributed by atoms with Crippen molar-refractivity contribution in [2.24, 2.45) is 0 Å². The fourth-order valence-electron chi connectivity index (χ4n) is 2.13. The Balaban J connectivity index is 1.86. The van der Waals surface area contributed by atoms with Crippen molar-refractivity contribution in [3.63, 3.8) is 0 Å². The van der Waals surface area contributed by atoms with Crippen molar-refractivity contribution in [2.75, 3.05) is 13.7 Å². The highest BCUT2D eigenvalue weighted by Crippen LogP contribution is 2.12. The predicted octanol–water partition coefficient (Wildman–Crippen LogP) is 0.531. The molecule has 1 aliphatic heterocycles. The number of hydrogen-bond donors (Lipinski definition) is 2. The summed E-state index contributed by atoms with van der Waals surface area (Å²) in [4.78, 5) is 11.8. The zero-order chi connectivity index (χ0) is 15.3. The molecule has 6 nitrogen and oxygen atoms in total. The lowest BCUT2D eigenvalue weighted by Crippen LogP contribution is -2.33. The molecule has 1 saturated heterocycles. The van der Waals surface area contributed by atoms with Crippen LogP contribution < -0.4 is 10.0 Å². The fraction of sp³-hybridized carbons (Fsp3) is 0.500. The van der Waals surface area contributed by atoms with Crippen LogP contribution in [0.1, 0.15) is 24.0 Å². The molecule has 0 aliphatic carbocycles. The Morgan fingerprint density at radius 2 is 1.95 bits per heavy atom. The lowest BCUT2D eigenvalue weighted by Gasteiger charge is -2.10. The second-order valence-corrected chi connectivity index (χ2v) is 6.93. The van der Waals surface area contributed by atoms with Crippen LogP contribution in [0, 0.1) is 0 Å². The molecule has 116 valence electrons. The first-order valence-corrected chi connectivity index (χ1v) is 8.54. The maximum absolute atomic E-state index is 11.8. The van der Waals surface area contributed by atoms with E-state index in [0.717, 1.165) is 18.4 Å². The van der Waals surface area contributed by atoms with Crippen LogP contribution in [0.5, 0.6) is 0 Å². The first-order valence-electron chi connectivity index (χ1n) is 6.88. The minimum absolute atomic E-state index is 0.0496. The van der Waals surface area contributed by atoms with Crippen molar-refractivity contribution in [2.45, 2.75) is 31.2 Å².